The molecule has 0 atom stereocenters. The van der Waals surface area contributed by atoms with E-state index in [-0.39, 0.29) is 23.4 Å². The third-order valence-corrected chi connectivity index (χ3v) is 2.54. The fourth-order valence-corrected chi connectivity index (χ4v) is 1.55. The van der Waals surface area contributed by atoms with Gasteiger partial charge in [0.1, 0.15) is 5.75 Å². The average molecular weight is 273 g/mol. The number of carbonyl (C=O) groups excluding carboxylic acids is 1. The van der Waals surface area contributed by atoms with Crippen LogP contribution in [0.4, 0.5) is 0 Å². The summed E-state index contributed by atoms with van der Waals surface area (Å²) >= 11 is 0. The molecule has 0 aliphatic carbocycles. The molecule has 0 aliphatic rings. The molecule has 0 aliphatic heterocycles. The van der Waals surface area contributed by atoms with Crippen molar-refractivity contribution in [2.75, 3.05) is 0 Å². The molecule has 0 spiro atoms. The third-order valence-electron chi connectivity index (χ3n) is 2.54. The van der Waals surface area contributed by atoms with Gasteiger partial charge in [-0.2, -0.15) is 0 Å². The Bertz CT molecular complexity index is 658. The van der Waals surface area contributed by atoms with Crippen LogP contribution in [0.5, 0.6) is 5.75 Å². The van der Waals surface area contributed by atoms with Gasteiger partial charge in [0.15, 0.2) is 0 Å². The molecule has 7 nitrogen and oxygen atoms in total. The molecule has 0 saturated carbocycles. The second-order valence-corrected chi connectivity index (χ2v) is 3.92. The maximum absolute atomic E-state index is 11.8. The molecule has 0 radical (unpaired) electrons. The molecule has 0 bridgehead atoms. The molecular formula is C13H11N3O4. The fraction of sp³-hybridized carbons (Fsp3) is 0.0769. The lowest BCUT2D eigenvalue weighted by Gasteiger charge is -2.06. The summed E-state index contributed by atoms with van der Waals surface area (Å²) < 4.78 is 0. The number of rotatable bonds is 4. The summed E-state index contributed by atoms with van der Waals surface area (Å²) in [5.74, 6) is -1.78. The Kier molecular flexibility index (Phi) is 3.90. The lowest BCUT2D eigenvalue weighted by Crippen LogP contribution is -2.23. The Morgan fingerprint density at radius 2 is 2.05 bits per heavy atom. The number of aromatic hydroxyl groups is 1. The smallest absolute Gasteiger partial charge is 0.335 e. The molecule has 1 amide bonds. The molecule has 2 rings (SSSR count). The van der Waals surface area contributed by atoms with Crippen molar-refractivity contribution in [3.63, 3.8) is 0 Å². The largest absolute Gasteiger partial charge is 0.505 e. The summed E-state index contributed by atoms with van der Waals surface area (Å²) in [7, 11) is 0. The van der Waals surface area contributed by atoms with Crippen LogP contribution in [0.15, 0.2) is 36.8 Å². The highest BCUT2D eigenvalue weighted by Crippen LogP contribution is 2.13. The van der Waals surface area contributed by atoms with Crippen molar-refractivity contribution >= 4 is 11.9 Å². The lowest BCUT2D eigenvalue weighted by molar-refractivity contribution is 0.0696. The van der Waals surface area contributed by atoms with Crippen molar-refractivity contribution in [3.05, 3.63) is 53.6 Å². The molecule has 7 heteroatoms. The molecule has 0 unspecified atom stereocenters. The van der Waals surface area contributed by atoms with E-state index in [9.17, 15) is 14.7 Å². The predicted molar refractivity (Wildman–Crippen MR) is 68.3 cm³/mol. The second kappa shape index (κ2) is 5.79. The van der Waals surface area contributed by atoms with Gasteiger partial charge in [-0.05, 0) is 18.2 Å². The van der Waals surface area contributed by atoms with Crippen LogP contribution in [-0.2, 0) is 6.54 Å². The number of hydrogen-bond donors (Lipinski definition) is 3. The van der Waals surface area contributed by atoms with Crippen LogP contribution in [-0.4, -0.2) is 32.1 Å². The Hall–Kier alpha value is -2.96. The minimum Gasteiger partial charge on any atom is -0.505 e. The van der Waals surface area contributed by atoms with Gasteiger partial charge in [0, 0.05) is 12.4 Å². The van der Waals surface area contributed by atoms with Crippen LogP contribution >= 0.6 is 0 Å². The summed E-state index contributed by atoms with van der Waals surface area (Å²) in [6.45, 7) is 0.0573. The topological polar surface area (TPSA) is 112 Å². The normalized spacial score (nSPS) is 10.0. The number of carbonyl (C=O) groups is 2. The van der Waals surface area contributed by atoms with Crippen molar-refractivity contribution in [3.8, 4) is 5.75 Å². The molecular weight excluding hydrogens is 262 g/mol. The molecule has 2 aromatic heterocycles. The van der Waals surface area contributed by atoms with Gasteiger partial charge in [-0.15, -0.1) is 0 Å². The quantitative estimate of drug-likeness (QED) is 0.759. The number of nitrogens with zero attached hydrogens (tertiary/aromatic N) is 2. The zero-order valence-electron chi connectivity index (χ0n) is 10.3. The monoisotopic (exact) mass is 273 g/mol. The molecule has 102 valence electrons. The fourth-order valence-electron chi connectivity index (χ4n) is 1.55. The average Bonchev–Trinajstić information content (AvgIpc) is 2.45. The van der Waals surface area contributed by atoms with E-state index in [1.165, 1.54) is 30.6 Å². The first-order chi connectivity index (χ1) is 9.58. The van der Waals surface area contributed by atoms with E-state index < -0.39 is 11.9 Å². The van der Waals surface area contributed by atoms with Crippen molar-refractivity contribution in [1.82, 2.24) is 15.3 Å². The van der Waals surface area contributed by atoms with E-state index in [0.717, 1.165) is 6.20 Å². The molecule has 2 heterocycles. The Balaban J connectivity index is 2.06. The lowest BCUT2D eigenvalue weighted by atomic mass is 10.2. The van der Waals surface area contributed by atoms with Gasteiger partial charge in [0.2, 0.25) is 0 Å². The van der Waals surface area contributed by atoms with Gasteiger partial charge in [0.25, 0.3) is 5.91 Å². The van der Waals surface area contributed by atoms with E-state index in [2.05, 4.69) is 15.3 Å². The van der Waals surface area contributed by atoms with Crippen LogP contribution in [0, 0.1) is 0 Å². The highest BCUT2D eigenvalue weighted by molar-refractivity contribution is 5.96. The molecule has 0 aromatic carbocycles. The number of carboxylic acids is 1. The highest BCUT2D eigenvalue weighted by atomic mass is 16.4. The highest BCUT2D eigenvalue weighted by Gasteiger charge is 2.11. The maximum Gasteiger partial charge on any atom is 0.335 e. The molecule has 0 saturated heterocycles. The van der Waals surface area contributed by atoms with E-state index in [1.807, 2.05) is 0 Å². The molecule has 3 N–H and O–H groups in total. The predicted octanol–water partition coefficient (Wildman–Crippen LogP) is 0.810. The zero-order valence-corrected chi connectivity index (χ0v) is 10.3. The van der Waals surface area contributed by atoms with Crippen molar-refractivity contribution in [1.29, 1.82) is 0 Å². The van der Waals surface area contributed by atoms with Crippen LogP contribution in [0.25, 0.3) is 0 Å². The van der Waals surface area contributed by atoms with E-state index in [0.29, 0.717) is 5.69 Å². The minimum absolute atomic E-state index is 0.0573. The first-order valence-electron chi connectivity index (χ1n) is 5.67. The first kappa shape index (κ1) is 13.5. The van der Waals surface area contributed by atoms with Gasteiger partial charge in [-0.3, -0.25) is 14.8 Å². The van der Waals surface area contributed by atoms with Gasteiger partial charge < -0.3 is 15.5 Å². The summed E-state index contributed by atoms with van der Waals surface area (Å²) in [6.07, 6.45) is 3.91. The Morgan fingerprint density at radius 3 is 2.75 bits per heavy atom. The maximum atomic E-state index is 11.8. The van der Waals surface area contributed by atoms with Crippen LogP contribution in [0.3, 0.4) is 0 Å². The second-order valence-electron chi connectivity index (χ2n) is 3.92. The number of aromatic nitrogens is 2. The zero-order chi connectivity index (χ0) is 14.5. The first-order valence-corrected chi connectivity index (χ1v) is 5.67. The van der Waals surface area contributed by atoms with E-state index in [4.69, 9.17) is 5.11 Å². The summed E-state index contributed by atoms with van der Waals surface area (Å²) in [5, 5.41) is 20.9. The van der Waals surface area contributed by atoms with Crippen LogP contribution in [0.2, 0.25) is 0 Å². The number of carboxylic acid groups (broad SMARTS) is 1. The van der Waals surface area contributed by atoms with Gasteiger partial charge in [0.05, 0.1) is 29.6 Å². The summed E-state index contributed by atoms with van der Waals surface area (Å²) in [5.41, 5.74) is 0.595. The van der Waals surface area contributed by atoms with Crippen molar-refractivity contribution < 1.29 is 19.8 Å². The summed E-state index contributed by atoms with van der Waals surface area (Å²) in [4.78, 5) is 30.2. The standard InChI is InChI=1S/C13H11N3O4/c17-11-7-14-3-2-10(11)12(18)16-6-9-5-8(13(19)20)1-4-15-9/h1-5,7,17H,6H2,(H,16,18)(H,19,20). The molecule has 20 heavy (non-hydrogen) atoms. The van der Waals surface area contributed by atoms with Gasteiger partial charge >= 0.3 is 5.97 Å². The van der Waals surface area contributed by atoms with Crippen molar-refractivity contribution in [2.24, 2.45) is 0 Å². The van der Waals surface area contributed by atoms with Crippen LogP contribution in [0.1, 0.15) is 26.4 Å². The van der Waals surface area contributed by atoms with Crippen molar-refractivity contribution in [2.45, 2.75) is 6.54 Å². The van der Waals surface area contributed by atoms with E-state index >= 15 is 0 Å². The Morgan fingerprint density at radius 1 is 1.25 bits per heavy atom. The molecule has 2 aromatic rings. The molecule has 0 fully saturated rings. The number of amides is 1. The number of aromatic carboxylic acids is 1. The summed E-state index contributed by atoms with van der Waals surface area (Å²) in [6, 6.07) is 4.11. The number of pyridine rings is 2. The number of nitrogens with one attached hydrogen (secondary N) is 1. The van der Waals surface area contributed by atoms with Gasteiger partial charge in [-0.1, -0.05) is 0 Å². The minimum atomic E-state index is -1.06. The Labute approximate surface area is 113 Å². The van der Waals surface area contributed by atoms with E-state index in [1.54, 1.807) is 0 Å². The SMILES string of the molecule is O=C(O)c1ccnc(CNC(=O)c2ccncc2O)c1. The van der Waals surface area contributed by atoms with Gasteiger partial charge in [-0.25, -0.2) is 4.79 Å². The third kappa shape index (κ3) is 3.08. The van der Waals surface area contributed by atoms with Crippen LogP contribution < -0.4 is 5.32 Å². The number of hydrogen-bond acceptors (Lipinski definition) is 5.